The van der Waals surface area contributed by atoms with Crippen molar-refractivity contribution in [1.29, 1.82) is 0 Å². The first-order valence-corrected chi connectivity index (χ1v) is 13.0. The molecule has 0 aliphatic carbocycles. The molecule has 2 aromatic carbocycles. The standard InChI is InChI=1S/C29H27N3O4S/c1-17(2)11-14-36-21-6-4-5-20(16-21)25-24(26(33)19-9-12-30-13-10-19)27(34)28(35)32(25)29-31-22-8-7-18(3)15-23(22)37-29/h4-10,12-13,15-17,25,33H,11,14H2,1-3H3. The lowest BCUT2D eigenvalue weighted by molar-refractivity contribution is -0.132. The van der Waals surface area contributed by atoms with Crippen molar-refractivity contribution >= 4 is 44.1 Å². The molecule has 3 heterocycles. The Bertz CT molecular complexity index is 1510. The third-order valence-corrected chi connectivity index (χ3v) is 7.29. The smallest absolute Gasteiger partial charge is 0.301 e. The van der Waals surface area contributed by atoms with Gasteiger partial charge in [0, 0.05) is 18.0 Å². The number of hydrogen-bond acceptors (Lipinski definition) is 7. The third-order valence-electron chi connectivity index (χ3n) is 6.27. The molecule has 1 unspecified atom stereocenters. The summed E-state index contributed by atoms with van der Waals surface area (Å²) in [6.45, 7) is 6.80. The summed E-state index contributed by atoms with van der Waals surface area (Å²) in [5.41, 5.74) is 2.87. The number of aliphatic hydroxyl groups is 1. The number of aliphatic hydroxyl groups excluding tert-OH is 1. The Balaban J connectivity index is 1.65. The third kappa shape index (κ3) is 4.84. The predicted molar refractivity (Wildman–Crippen MR) is 145 cm³/mol. The summed E-state index contributed by atoms with van der Waals surface area (Å²) < 4.78 is 6.88. The van der Waals surface area contributed by atoms with E-state index in [1.807, 2.05) is 49.4 Å². The van der Waals surface area contributed by atoms with Crippen LogP contribution in [-0.4, -0.2) is 33.4 Å². The first-order chi connectivity index (χ1) is 17.8. The number of thiazole rings is 1. The highest BCUT2D eigenvalue weighted by Gasteiger charge is 2.48. The van der Waals surface area contributed by atoms with Crippen molar-refractivity contribution in [1.82, 2.24) is 9.97 Å². The molecule has 7 nitrogen and oxygen atoms in total. The highest BCUT2D eigenvalue weighted by Crippen LogP contribution is 2.44. The Morgan fingerprint density at radius 3 is 2.65 bits per heavy atom. The van der Waals surface area contributed by atoms with Gasteiger partial charge < -0.3 is 9.84 Å². The fourth-order valence-corrected chi connectivity index (χ4v) is 5.41. The van der Waals surface area contributed by atoms with Crippen LogP contribution in [0.4, 0.5) is 5.13 Å². The second kappa shape index (κ2) is 10.1. The first-order valence-electron chi connectivity index (χ1n) is 12.1. The quantitative estimate of drug-likeness (QED) is 0.184. The van der Waals surface area contributed by atoms with Crippen molar-refractivity contribution < 1.29 is 19.4 Å². The van der Waals surface area contributed by atoms with E-state index in [4.69, 9.17) is 4.74 Å². The lowest BCUT2D eigenvalue weighted by atomic mass is 9.95. The summed E-state index contributed by atoms with van der Waals surface area (Å²) in [7, 11) is 0. The van der Waals surface area contributed by atoms with Crippen molar-refractivity contribution in [3.63, 3.8) is 0 Å². The van der Waals surface area contributed by atoms with Gasteiger partial charge in [-0.05, 0) is 66.8 Å². The molecule has 8 heteroatoms. The molecule has 0 radical (unpaired) electrons. The lowest BCUT2D eigenvalue weighted by Gasteiger charge is -2.23. The van der Waals surface area contributed by atoms with E-state index in [-0.39, 0.29) is 11.3 Å². The van der Waals surface area contributed by atoms with E-state index in [0.29, 0.717) is 34.5 Å². The maximum absolute atomic E-state index is 13.5. The highest BCUT2D eigenvalue weighted by molar-refractivity contribution is 7.22. The maximum atomic E-state index is 13.5. The number of carbonyl (C=O) groups excluding carboxylic acids is 2. The summed E-state index contributed by atoms with van der Waals surface area (Å²) >= 11 is 1.34. The van der Waals surface area contributed by atoms with E-state index in [1.54, 1.807) is 12.1 Å². The van der Waals surface area contributed by atoms with Gasteiger partial charge in [0.05, 0.1) is 28.4 Å². The molecule has 1 N–H and O–H groups in total. The molecule has 0 saturated carbocycles. The van der Waals surface area contributed by atoms with Crippen LogP contribution in [0.2, 0.25) is 0 Å². The molecule has 0 bridgehead atoms. The number of carbonyl (C=O) groups is 2. The summed E-state index contributed by atoms with van der Waals surface area (Å²) in [5, 5.41) is 11.7. The molecule has 0 spiro atoms. The van der Waals surface area contributed by atoms with Gasteiger partial charge in [-0.2, -0.15) is 0 Å². The van der Waals surface area contributed by atoms with E-state index >= 15 is 0 Å². The summed E-state index contributed by atoms with van der Waals surface area (Å²) in [6, 6.07) is 15.5. The van der Waals surface area contributed by atoms with E-state index in [0.717, 1.165) is 22.2 Å². The van der Waals surface area contributed by atoms with E-state index in [2.05, 4.69) is 23.8 Å². The molecule has 4 aromatic rings. The van der Waals surface area contributed by atoms with Crippen LogP contribution in [0.3, 0.4) is 0 Å². The Hall–Kier alpha value is -4.04. The van der Waals surface area contributed by atoms with Crippen molar-refractivity contribution in [2.75, 3.05) is 11.5 Å². The number of anilines is 1. The van der Waals surface area contributed by atoms with Gasteiger partial charge >= 0.3 is 5.91 Å². The Kier molecular flexibility index (Phi) is 6.76. The maximum Gasteiger partial charge on any atom is 0.301 e. The van der Waals surface area contributed by atoms with Crippen LogP contribution in [0.25, 0.3) is 16.0 Å². The van der Waals surface area contributed by atoms with Gasteiger partial charge in [0.15, 0.2) is 5.13 Å². The second-order valence-electron chi connectivity index (χ2n) is 9.48. The molecule has 37 heavy (non-hydrogen) atoms. The summed E-state index contributed by atoms with van der Waals surface area (Å²) in [5.74, 6) is -0.620. The normalized spacial score (nSPS) is 17.2. The van der Waals surface area contributed by atoms with Gasteiger partial charge in [0.2, 0.25) is 0 Å². The van der Waals surface area contributed by atoms with Crippen LogP contribution in [0.5, 0.6) is 5.75 Å². The average Bonchev–Trinajstić information content (AvgIpc) is 3.41. The van der Waals surface area contributed by atoms with E-state index < -0.39 is 17.7 Å². The number of Topliss-reactive ketones (excluding diaryl/α,β-unsaturated/α-hetero) is 1. The van der Waals surface area contributed by atoms with Gasteiger partial charge in [-0.15, -0.1) is 0 Å². The van der Waals surface area contributed by atoms with Crippen LogP contribution in [0, 0.1) is 12.8 Å². The van der Waals surface area contributed by atoms with Crippen LogP contribution in [0.15, 0.2) is 72.6 Å². The van der Waals surface area contributed by atoms with Gasteiger partial charge in [-0.25, -0.2) is 4.98 Å². The number of aromatic nitrogens is 2. The second-order valence-corrected chi connectivity index (χ2v) is 10.5. The molecular formula is C29H27N3O4S. The summed E-state index contributed by atoms with van der Waals surface area (Å²) in [6.07, 6.45) is 3.95. The topological polar surface area (TPSA) is 92.6 Å². The number of ether oxygens (including phenoxy) is 1. The Morgan fingerprint density at radius 1 is 1.11 bits per heavy atom. The highest BCUT2D eigenvalue weighted by atomic mass is 32.1. The number of fused-ring (bicyclic) bond motifs is 1. The number of rotatable bonds is 7. The predicted octanol–water partition coefficient (Wildman–Crippen LogP) is 6.05. The Labute approximate surface area is 219 Å². The molecule has 1 aliphatic heterocycles. The van der Waals surface area contributed by atoms with Crippen LogP contribution < -0.4 is 9.64 Å². The molecule has 1 amide bonds. The van der Waals surface area contributed by atoms with Crippen LogP contribution in [0.1, 0.15) is 43.0 Å². The molecule has 1 aliphatic rings. The minimum Gasteiger partial charge on any atom is -0.507 e. The number of hydrogen-bond donors (Lipinski definition) is 1. The van der Waals surface area contributed by atoms with Crippen molar-refractivity contribution in [3.05, 3.63) is 89.3 Å². The molecular weight excluding hydrogens is 486 g/mol. The number of ketones is 1. The van der Waals surface area contributed by atoms with Gasteiger partial charge in [-0.1, -0.05) is 43.4 Å². The molecule has 5 rings (SSSR count). The molecule has 2 aromatic heterocycles. The minimum absolute atomic E-state index is 0.00553. The van der Waals surface area contributed by atoms with Crippen molar-refractivity contribution in [2.45, 2.75) is 33.2 Å². The number of benzene rings is 2. The monoisotopic (exact) mass is 513 g/mol. The van der Waals surface area contributed by atoms with Crippen molar-refractivity contribution in [3.8, 4) is 5.75 Å². The van der Waals surface area contributed by atoms with Crippen molar-refractivity contribution in [2.24, 2.45) is 5.92 Å². The fourth-order valence-electron chi connectivity index (χ4n) is 4.32. The SMILES string of the molecule is Cc1ccc2nc(N3C(=O)C(=O)C(=C(O)c4ccncc4)C3c3cccc(OCCC(C)C)c3)sc2c1. The fraction of sp³-hybridized carbons (Fsp3) is 0.241. The van der Waals surface area contributed by atoms with Gasteiger partial charge in [0.25, 0.3) is 5.78 Å². The van der Waals surface area contributed by atoms with Crippen LogP contribution >= 0.6 is 11.3 Å². The first kappa shape index (κ1) is 24.6. The Morgan fingerprint density at radius 2 is 1.89 bits per heavy atom. The van der Waals surface area contributed by atoms with E-state index in [9.17, 15) is 14.7 Å². The number of aryl methyl sites for hydroxylation is 1. The number of amides is 1. The van der Waals surface area contributed by atoms with E-state index in [1.165, 1.54) is 28.6 Å². The minimum atomic E-state index is -0.872. The molecule has 1 saturated heterocycles. The average molecular weight is 514 g/mol. The van der Waals surface area contributed by atoms with Gasteiger partial charge in [0.1, 0.15) is 11.5 Å². The molecule has 1 atom stereocenters. The van der Waals surface area contributed by atoms with Gasteiger partial charge in [-0.3, -0.25) is 19.5 Å². The lowest BCUT2D eigenvalue weighted by Crippen LogP contribution is -2.29. The summed E-state index contributed by atoms with van der Waals surface area (Å²) in [4.78, 5) is 36.9. The zero-order chi connectivity index (χ0) is 26.1. The molecule has 1 fully saturated rings. The molecule has 188 valence electrons. The number of nitrogens with zero attached hydrogens (tertiary/aromatic N) is 3. The van der Waals surface area contributed by atoms with Crippen LogP contribution in [-0.2, 0) is 9.59 Å². The largest absolute Gasteiger partial charge is 0.507 e. The number of pyridine rings is 1. The zero-order valence-corrected chi connectivity index (χ0v) is 21.7. The zero-order valence-electron chi connectivity index (χ0n) is 20.8.